The van der Waals surface area contributed by atoms with Gasteiger partial charge in [0.15, 0.2) is 40.4 Å². The number of methoxy groups -OCH3 is 2. The number of Topliss-reactive ketones (excluding diaryl/α,β-unsaturated/α-hetero) is 3. The molecule has 0 aromatic heterocycles. The molecule has 0 spiro atoms. The average molecular weight is 1790 g/mol. The summed E-state index contributed by atoms with van der Waals surface area (Å²) in [5.74, 6) is -8.15. The topological polar surface area (TPSA) is 271 Å². The van der Waals surface area contributed by atoms with Gasteiger partial charge in [0.05, 0.1) is 19.8 Å². The molecule has 0 heterocycles. The van der Waals surface area contributed by atoms with Crippen LogP contribution >= 0.6 is 0 Å². The van der Waals surface area contributed by atoms with Crippen LogP contribution in [-0.2, 0) is 29.8 Å². The van der Waals surface area contributed by atoms with Crippen molar-refractivity contribution in [1.29, 1.82) is 5.26 Å². The van der Waals surface area contributed by atoms with Crippen LogP contribution < -0.4 is 42.6 Å². The number of ketones is 4. The van der Waals surface area contributed by atoms with Crippen LogP contribution in [0.15, 0.2) is 176 Å². The van der Waals surface area contributed by atoms with Crippen molar-refractivity contribution in [1.82, 2.24) is 0 Å². The van der Waals surface area contributed by atoms with E-state index >= 15 is 0 Å². The van der Waals surface area contributed by atoms with E-state index in [1.165, 1.54) is 107 Å². The first-order chi connectivity index (χ1) is 56.5. The monoisotopic (exact) mass is 1790 g/mol. The quantitative estimate of drug-likeness (QED) is 0.0217. The van der Waals surface area contributed by atoms with E-state index in [9.17, 15) is 131 Å². The lowest BCUT2D eigenvalue weighted by Gasteiger charge is -2.23. The first-order valence-corrected chi connectivity index (χ1v) is 34.5. The Balaban J connectivity index is 0.000000494. The number of hydrogen-bond acceptors (Lipinski definition) is 21. The second kappa shape index (κ2) is 45.0. The molecule has 0 aliphatic rings. The molecule has 0 amide bonds. The van der Waals surface area contributed by atoms with Crippen LogP contribution in [0, 0.1) is 11.3 Å². The third-order valence-electron chi connectivity index (χ3n) is 14.0. The van der Waals surface area contributed by atoms with Gasteiger partial charge in [-0.25, -0.2) is 14.4 Å². The summed E-state index contributed by atoms with van der Waals surface area (Å²) in [5, 5.41) is 8.71. The first-order valence-electron chi connectivity index (χ1n) is 34.5. The van der Waals surface area contributed by atoms with Gasteiger partial charge in [-0.15, -0.1) is 92.2 Å². The van der Waals surface area contributed by atoms with Crippen LogP contribution in [0.3, 0.4) is 0 Å². The highest BCUT2D eigenvalue weighted by Gasteiger charge is 2.40. The molecule has 8 aromatic carbocycles. The summed E-state index contributed by atoms with van der Waals surface area (Å²) in [6.45, 7) is 20.5. The van der Waals surface area contributed by atoms with Crippen molar-refractivity contribution < 1.29 is 187 Å². The Kier molecular flexibility index (Phi) is 38.8. The number of rotatable bonds is 16. The number of esters is 3. The Labute approximate surface area is 692 Å². The maximum Gasteiger partial charge on any atom is 0.573 e. The number of nitrogens with zero attached hydrogens (tertiary/aromatic N) is 1. The van der Waals surface area contributed by atoms with Gasteiger partial charge in [-0.2, -0.15) is 5.26 Å². The summed E-state index contributed by atoms with van der Waals surface area (Å²) < 4.78 is 303. The molecule has 0 saturated carbocycles. The van der Waals surface area contributed by atoms with E-state index in [2.05, 4.69) is 47.4 Å². The van der Waals surface area contributed by atoms with Gasteiger partial charge >= 0.3 is 68.6 Å². The molecule has 42 heteroatoms. The fourth-order valence-electron chi connectivity index (χ4n) is 8.77. The number of hydrogen-bond donors (Lipinski definition) is 0. The predicted octanol–water partition coefficient (Wildman–Crippen LogP) is 23.2. The molecule has 8 rings (SSSR count). The third-order valence-corrected chi connectivity index (χ3v) is 14.0. The first kappa shape index (κ1) is 107. The van der Waals surface area contributed by atoms with E-state index in [1.54, 1.807) is 84.0 Å². The van der Waals surface area contributed by atoms with Gasteiger partial charge in [-0.05, 0) is 167 Å². The SMILES string of the molecule is CC(=O)Oc1ccc(OC(F)(F)F)cc1.CC(=O)c1ccc(OC(=O)OC(C)(C)C)c(OC(F)(F)F)c1.CC(=O)c1cccc(OC(F)(F)F)c1.CC(=O)c1cccc(OC(F)(F)F)c1.CC(C)(C)c1ccc(C#N)c(OC(F)(F)F)c1.COC(=O)c1cc(C(C)(C)C)cc(C(=O)OC)c1OC(F)(F)F.O=C(c1ccccc1)c1cccc(OC(F)(F)F)c1. The molecule has 0 aliphatic heterocycles. The lowest BCUT2D eigenvalue weighted by Crippen LogP contribution is -2.26. The molecule has 674 valence electrons. The van der Waals surface area contributed by atoms with Crippen molar-refractivity contribution in [3.63, 3.8) is 0 Å². The summed E-state index contributed by atoms with van der Waals surface area (Å²) in [4.78, 5) is 90.6. The molecule has 0 bridgehead atoms. The Morgan fingerprint density at radius 1 is 0.315 bits per heavy atom. The molecule has 124 heavy (non-hydrogen) atoms. The van der Waals surface area contributed by atoms with Crippen molar-refractivity contribution in [2.75, 3.05) is 14.2 Å². The van der Waals surface area contributed by atoms with Gasteiger partial charge in [0, 0.05) is 34.7 Å². The van der Waals surface area contributed by atoms with Crippen molar-refractivity contribution in [2.24, 2.45) is 0 Å². The van der Waals surface area contributed by atoms with Gasteiger partial charge in [-0.1, -0.05) is 114 Å². The number of carbonyl (C=O) groups is 8. The maximum atomic E-state index is 12.6. The number of alkyl halides is 21. The summed E-state index contributed by atoms with van der Waals surface area (Å²) in [5.41, 5.74) is -0.815. The lowest BCUT2D eigenvalue weighted by molar-refractivity contribution is -0.276. The molecular formula is C82H74F21NO20. The fourth-order valence-corrected chi connectivity index (χ4v) is 8.77. The number of benzene rings is 8. The smallest absolute Gasteiger partial charge is 0.465 e. The molecule has 0 fully saturated rings. The summed E-state index contributed by atoms with van der Waals surface area (Å²) in [6, 6.07) is 39.1. The van der Waals surface area contributed by atoms with E-state index in [-0.39, 0.29) is 73.6 Å². The predicted molar refractivity (Wildman–Crippen MR) is 395 cm³/mol. The Bertz CT molecular complexity index is 4870. The molecule has 0 atom stereocenters. The van der Waals surface area contributed by atoms with Gasteiger partial charge in [-0.3, -0.25) is 24.0 Å². The van der Waals surface area contributed by atoms with Crippen molar-refractivity contribution in [3.05, 3.63) is 232 Å². The second-order valence-electron chi connectivity index (χ2n) is 27.3. The largest absolute Gasteiger partial charge is 0.573 e. The van der Waals surface area contributed by atoms with Crippen LogP contribution in [0.1, 0.15) is 174 Å². The summed E-state index contributed by atoms with van der Waals surface area (Å²) in [7, 11) is 2.03. The van der Waals surface area contributed by atoms with Crippen molar-refractivity contribution >= 4 is 47.2 Å². The summed E-state index contributed by atoms with van der Waals surface area (Å²) in [6.07, 6.45) is -35.0. The highest BCUT2D eigenvalue weighted by molar-refractivity contribution is 6.09. The zero-order chi connectivity index (χ0) is 95.3. The second-order valence-corrected chi connectivity index (χ2v) is 27.3. The zero-order valence-corrected chi connectivity index (χ0v) is 67.3. The number of carbonyl (C=O) groups excluding carboxylic acids is 8. The van der Waals surface area contributed by atoms with E-state index in [0.29, 0.717) is 16.7 Å². The van der Waals surface area contributed by atoms with Gasteiger partial charge in [0.25, 0.3) is 0 Å². The lowest BCUT2D eigenvalue weighted by atomic mass is 9.84. The van der Waals surface area contributed by atoms with E-state index in [4.69, 9.17) is 14.7 Å². The Morgan fingerprint density at radius 3 is 1.02 bits per heavy atom. The molecule has 0 radical (unpaired) electrons. The van der Waals surface area contributed by atoms with Gasteiger partial charge < -0.3 is 56.8 Å². The van der Waals surface area contributed by atoms with Crippen LogP contribution in [-0.4, -0.2) is 112 Å². The molecular weight excluding hydrogens is 1720 g/mol. The minimum atomic E-state index is -5.09. The fraction of sp³-hybridized carbons (Fsp3) is 0.305. The molecule has 8 aromatic rings. The zero-order valence-electron chi connectivity index (χ0n) is 67.3. The molecule has 21 nitrogen and oxygen atoms in total. The minimum Gasteiger partial charge on any atom is -0.465 e. The normalized spacial score (nSPS) is 11.5. The highest BCUT2D eigenvalue weighted by atomic mass is 19.4. The van der Waals surface area contributed by atoms with Gasteiger partial charge in [0.1, 0.15) is 57.3 Å². The van der Waals surface area contributed by atoms with E-state index in [1.807, 2.05) is 20.8 Å². The van der Waals surface area contributed by atoms with Crippen LogP contribution in [0.5, 0.6) is 51.7 Å². The van der Waals surface area contributed by atoms with Crippen molar-refractivity contribution in [3.8, 4) is 57.8 Å². The average Bonchev–Trinajstić information content (AvgIpc) is 0.777. The number of halogens is 21. The van der Waals surface area contributed by atoms with Crippen LogP contribution in [0.25, 0.3) is 0 Å². The molecule has 0 saturated heterocycles. The number of ether oxygens (including phenoxy) is 12. The molecule has 0 N–H and O–H groups in total. The number of nitriles is 1. The molecule has 0 unspecified atom stereocenters. The highest BCUT2D eigenvalue weighted by Crippen LogP contribution is 2.39. The van der Waals surface area contributed by atoms with E-state index in [0.717, 1.165) is 74.9 Å². The molecule has 0 aliphatic carbocycles. The standard InChI is InChI=1S/C15H17F3O5.C14H15F3O5.C14H9F3O2.C12H12F3NO.C9H7F3O3.2C9H7F3O2/c1-14(2,3)8-6-9(12(19)21-4)11(23-15(16,17)18)10(7-8)13(20)22-5;1-8(18)9-5-6-10(11(7-9)21-14(15,16)17)20-12(19)22-13(2,3)4;15-14(16,17)19-12-8-4-7-11(9-12)13(18)10-5-2-1-3-6-10;1-11(2,3)9-5-4-8(7-16)10(6-9)17-12(13,14)15;1-6(13)14-7-2-4-8(5-3-7)15-9(10,11)12;2*1-6(13)7-3-2-4-8(5-7)14-9(10,11)12/h6-7H,1-5H3;5-7H,1-4H3;1-9H;4-6H,1-3H3;2-5H,1H3;2*2-5H,1H3. The third kappa shape index (κ3) is 43.3. The van der Waals surface area contributed by atoms with Crippen LogP contribution in [0.4, 0.5) is 97.0 Å². The van der Waals surface area contributed by atoms with Gasteiger partial charge in [0.2, 0.25) is 0 Å². The Morgan fingerprint density at radius 2 is 0.669 bits per heavy atom. The maximum absolute atomic E-state index is 12.6. The Hall–Kier alpha value is -13.3. The van der Waals surface area contributed by atoms with Crippen molar-refractivity contribution in [2.45, 2.75) is 151 Å². The summed E-state index contributed by atoms with van der Waals surface area (Å²) >= 11 is 0. The van der Waals surface area contributed by atoms with Crippen LogP contribution in [0.2, 0.25) is 0 Å². The minimum absolute atomic E-state index is 0.0178. The van der Waals surface area contributed by atoms with E-state index < -0.39 is 125 Å².